The number of amides is 1. The molecule has 104 valence electrons. The van der Waals surface area contributed by atoms with Gasteiger partial charge in [-0.2, -0.15) is 0 Å². The van der Waals surface area contributed by atoms with Crippen molar-refractivity contribution in [3.05, 3.63) is 59.7 Å². The van der Waals surface area contributed by atoms with Gasteiger partial charge in [0, 0.05) is 24.3 Å². The number of benzene rings is 2. The molecule has 0 aliphatic rings. The van der Waals surface area contributed by atoms with E-state index in [9.17, 15) is 4.79 Å². The lowest BCUT2D eigenvalue weighted by Gasteiger charge is -2.17. The van der Waals surface area contributed by atoms with Crippen LogP contribution in [0.25, 0.3) is 0 Å². The summed E-state index contributed by atoms with van der Waals surface area (Å²) in [6.07, 6.45) is 0. The third-order valence-electron chi connectivity index (χ3n) is 3.11. The van der Waals surface area contributed by atoms with Gasteiger partial charge in [-0.1, -0.05) is 24.3 Å². The zero-order chi connectivity index (χ0) is 14.5. The molecule has 0 fully saturated rings. The highest BCUT2D eigenvalue weighted by atomic mass is 16.1. The molecule has 0 spiro atoms. The van der Waals surface area contributed by atoms with E-state index in [1.807, 2.05) is 24.3 Å². The minimum Gasteiger partial charge on any atom is -0.379 e. The van der Waals surface area contributed by atoms with E-state index in [0.29, 0.717) is 0 Å². The molecule has 0 saturated carbocycles. The molecule has 0 bridgehead atoms. The Hall–Kier alpha value is -2.29. The Bertz CT molecular complexity index is 607. The van der Waals surface area contributed by atoms with Gasteiger partial charge in [0.25, 0.3) is 0 Å². The molecular formula is C17H20N2O. The minimum atomic E-state index is -0.0542. The second-order valence-corrected chi connectivity index (χ2v) is 5.04. The molecule has 0 aliphatic heterocycles. The van der Waals surface area contributed by atoms with Crippen LogP contribution >= 0.6 is 0 Å². The molecule has 2 aromatic carbocycles. The molecule has 2 rings (SSSR count). The number of anilines is 2. The van der Waals surface area contributed by atoms with Gasteiger partial charge in [-0.3, -0.25) is 4.79 Å². The van der Waals surface area contributed by atoms with Gasteiger partial charge in [0.2, 0.25) is 5.91 Å². The van der Waals surface area contributed by atoms with Crippen molar-refractivity contribution in [3.8, 4) is 0 Å². The van der Waals surface area contributed by atoms with Gasteiger partial charge in [0.05, 0.1) is 0 Å². The van der Waals surface area contributed by atoms with E-state index in [1.165, 1.54) is 12.5 Å². The van der Waals surface area contributed by atoms with Gasteiger partial charge in [0.1, 0.15) is 0 Å². The number of hydrogen-bond donors (Lipinski definition) is 2. The summed E-state index contributed by atoms with van der Waals surface area (Å²) in [6, 6.07) is 16.4. The van der Waals surface area contributed by atoms with E-state index in [-0.39, 0.29) is 11.9 Å². The fraction of sp³-hybridized carbons (Fsp3) is 0.235. The Morgan fingerprint density at radius 3 is 2.45 bits per heavy atom. The molecule has 0 radical (unpaired) electrons. The molecule has 0 heterocycles. The zero-order valence-corrected chi connectivity index (χ0v) is 12.1. The average Bonchev–Trinajstić information content (AvgIpc) is 2.38. The van der Waals surface area contributed by atoms with Crippen LogP contribution in [-0.2, 0) is 4.79 Å². The quantitative estimate of drug-likeness (QED) is 0.875. The second-order valence-electron chi connectivity index (χ2n) is 5.04. The first kappa shape index (κ1) is 14.1. The molecule has 1 atom stereocenters. The zero-order valence-electron chi connectivity index (χ0n) is 12.1. The predicted molar refractivity (Wildman–Crippen MR) is 84.0 cm³/mol. The lowest BCUT2D eigenvalue weighted by molar-refractivity contribution is -0.114. The summed E-state index contributed by atoms with van der Waals surface area (Å²) in [7, 11) is 0. The largest absolute Gasteiger partial charge is 0.379 e. The molecule has 3 heteroatoms. The van der Waals surface area contributed by atoms with Crippen LogP contribution in [0.5, 0.6) is 0 Å². The first-order valence-corrected chi connectivity index (χ1v) is 6.75. The van der Waals surface area contributed by atoms with Gasteiger partial charge >= 0.3 is 0 Å². The van der Waals surface area contributed by atoms with Gasteiger partial charge < -0.3 is 10.6 Å². The van der Waals surface area contributed by atoms with Crippen LogP contribution in [0.2, 0.25) is 0 Å². The molecular weight excluding hydrogens is 248 g/mol. The molecule has 3 nitrogen and oxygen atoms in total. The molecule has 1 unspecified atom stereocenters. The van der Waals surface area contributed by atoms with E-state index >= 15 is 0 Å². The van der Waals surface area contributed by atoms with Crippen molar-refractivity contribution in [3.63, 3.8) is 0 Å². The van der Waals surface area contributed by atoms with Crippen molar-refractivity contribution in [1.82, 2.24) is 0 Å². The maximum absolute atomic E-state index is 11.1. The van der Waals surface area contributed by atoms with Gasteiger partial charge in [-0.05, 0) is 49.2 Å². The second kappa shape index (κ2) is 6.24. The first-order valence-electron chi connectivity index (χ1n) is 6.75. The molecule has 1 amide bonds. The highest BCUT2D eigenvalue weighted by Gasteiger charge is 2.06. The number of rotatable bonds is 4. The Morgan fingerprint density at radius 2 is 1.75 bits per heavy atom. The molecule has 2 aromatic rings. The standard InChI is InChI=1S/C17H20N2O/c1-12-6-4-8-16(10-12)18-13(2)15-7-5-9-17(11-15)19-14(3)20/h4-11,13,18H,1-3H3,(H,19,20). The summed E-state index contributed by atoms with van der Waals surface area (Å²) in [5.41, 5.74) is 4.29. The predicted octanol–water partition coefficient (Wildman–Crippen LogP) is 4.13. The van der Waals surface area contributed by atoms with Crippen molar-refractivity contribution in [1.29, 1.82) is 0 Å². The Labute approximate surface area is 120 Å². The van der Waals surface area contributed by atoms with Crippen LogP contribution in [0, 0.1) is 6.92 Å². The van der Waals surface area contributed by atoms with Crippen molar-refractivity contribution < 1.29 is 4.79 Å². The average molecular weight is 268 g/mol. The van der Waals surface area contributed by atoms with E-state index in [4.69, 9.17) is 0 Å². The van der Waals surface area contributed by atoms with Crippen molar-refractivity contribution in [2.24, 2.45) is 0 Å². The summed E-state index contributed by atoms with van der Waals surface area (Å²) in [5.74, 6) is -0.0542. The summed E-state index contributed by atoms with van der Waals surface area (Å²) >= 11 is 0. The Morgan fingerprint density at radius 1 is 1.05 bits per heavy atom. The number of aryl methyl sites for hydroxylation is 1. The van der Waals surface area contributed by atoms with Crippen LogP contribution in [0.4, 0.5) is 11.4 Å². The molecule has 0 aliphatic carbocycles. The molecule has 2 N–H and O–H groups in total. The first-order chi connectivity index (χ1) is 9.54. The third-order valence-corrected chi connectivity index (χ3v) is 3.11. The van der Waals surface area contributed by atoms with Crippen LogP contribution < -0.4 is 10.6 Å². The van der Waals surface area contributed by atoms with Crippen molar-refractivity contribution in [2.75, 3.05) is 10.6 Å². The molecule has 0 aromatic heterocycles. The number of carbonyl (C=O) groups is 1. The fourth-order valence-corrected chi connectivity index (χ4v) is 2.16. The minimum absolute atomic E-state index is 0.0542. The smallest absolute Gasteiger partial charge is 0.221 e. The van der Waals surface area contributed by atoms with Crippen LogP contribution in [0.3, 0.4) is 0 Å². The number of hydrogen-bond acceptors (Lipinski definition) is 2. The highest BCUT2D eigenvalue weighted by molar-refractivity contribution is 5.88. The van der Waals surface area contributed by atoms with Crippen molar-refractivity contribution in [2.45, 2.75) is 26.8 Å². The van der Waals surface area contributed by atoms with E-state index in [2.05, 4.69) is 48.7 Å². The number of carbonyl (C=O) groups excluding carboxylic acids is 1. The summed E-state index contributed by atoms with van der Waals surface area (Å²) < 4.78 is 0. The Balaban J connectivity index is 2.12. The van der Waals surface area contributed by atoms with E-state index < -0.39 is 0 Å². The van der Waals surface area contributed by atoms with Crippen molar-refractivity contribution >= 4 is 17.3 Å². The van der Waals surface area contributed by atoms with Crippen LogP contribution in [0.15, 0.2) is 48.5 Å². The summed E-state index contributed by atoms with van der Waals surface area (Å²) in [4.78, 5) is 11.1. The lowest BCUT2D eigenvalue weighted by Crippen LogP contribution is -2.09. The van der Waals surface area contributed by atoms with Crippen LogP contribution in [0.1, 0.15) is 31.0 Å². The monoisotopic (exact) mass is 268 g/mol. The summed E-state index contributed by atoms with van der Waals surface area (Å²) in [5, 5.41) is 6.27. The normalized spacial score (nSPS) is 11.8. The Kier molecular flexibility index (Phi) is 4.41. The SMILES string of the molecule is CC(=O)Nc1cccc(C(C)Nc2cccc(C)c2)c1. The lowest BCUT2D eigenvalue weighted by atomic mass is 10.1. The van der Waals surface area contributed by atoms with Gasteiger partial charge in [-0.25, -0.2) is 0 Å². The van der Waals surface area contributed by atoms with E-state index in [0.717, 1.165) is 16.9 Å². The number of nitrogens with one attached hydrogen (secondary N) is 2. The topological polar surface area (TPSA) is 41.1 Å². The third kappa shape index (κ3) is 3.85. The summed E-state index contributed by atoms with van der Waals surface area (Å²) in [6.45, 7) is 5.70. The van der Waals surface area contributed by atoms with Gasteiger partial charge in [-0.15, -0.1) is 0 Å². The maximum atomic E-state index is 11.1. The molecule has 0 saturated heterocycles. The fourth-order valence-electron chi connectivity index (χ4n) is 2.16. The van der Waals surface area contributed by atoms with Gasteiger partial charge in [0.15, 0.2) is 0 Å². The maximum Gasteiger partial charge on any atom is 0.221 e. The van der Waals surface area contributed by atoms with E-state index in [1.54, 1.807) is 0 Å². The highest BCUT2D eigenvalue weighted by Crippen LogP contribution is 2.22. The molecule has 20 heavy (non-hydrogen) atoms. The van der Waals surface area contributed by atoms with Crippen LogP contribution in [-0.4, -0.2) is 5.91 Å².